The lowest BCUT2D eigenvalue weighted by atomic mass is 9.54. The maximum Gasteiger partial charge on any atom is 0.231 e. The summed E-state index contributed by atoms with van der Waals surface area (Å²) < 4.78 is 11.1. The van der Waals surface area contributed by atoms with Gasteiger partial charge in [0, 0.05) is 18.2 Å². The van der Waals surface area contributed by atoms with Crippen LogP contribution in [0.1, 0.15) is 37.7 Å². The van der Waals surface area contributed by atoms with E-state index >= 15 is 0 Å². The van der Waals surface area contributed by atoms with E-state index in [1.54, 1.807) is 0 Å². The van der Waals surface area contributed by atoms with Crippen molar-refractivity contribution in [2.24, 2.45) is 23.7 Å². The molecule has 3 heteroatoms. The van der Waals surface area contributed by atoms with Crippen LogP contribution in [0.15, 0.2) is 18.2 Å². The van der Waals surface area contributed by atoms with Crippen molar-refractivity contribution in [3.05, 3.63) is 23.8 Å². The molecule has 1 heterocycles. The van der Waals surface area contributed by atoms with Crippen LogP contribution in [0.5, 0.6) is 11.5 Å². The van der Waals surface area contributed by atoms with Crippen molar-refractivity contribution >= 4 is 0 Å². The van der Waals surface area contributed by atoms with Crippen LogP contribution in [0.3, 0.4) is 0 Å². The lowest BCUT2D eigenvalue weighted by molar-refractivity contribution is -0.0143. The Morgan fingerprint density at radius 1 is 0.952 bits per heavy atom. The van der Waals surface area contributed by atoms with Gasteiger partial charge in [0.05, 0.1) is 0 Å². The van der Waals surface area contributed by atoms with Crippen LogP contribution in [-0.4, -0.2) is 12.8 Å². The third kappa shape index (κ3) is 1.97. The van der Waals surface area contributed by atoms with E-state index in [1.807, 2.05) is 6.07 Å². The van der Waals surface area contributed by atoms with Crippen LogP contribution in [0.2, 0.25) is 0 Å². The number of fused-ring (bicyclic) bond motifs is 1. The Bertz CT molecular complexity index is 528. The predicted molar refractivity (Wildman–Crippen MR) is 80.2 cm³/mol. The summed E-state index contributed by atoms with van der Waals surface area (Å²) in [5.74, 6) is 5.80. The fraction of sp³-hybridized carbons (Fsp3) is 0.667. The van der Waals surface area contributed by atoms with Crippen molar-refractivity contribution in [1.29, 1.82) is 0 Å². The first-order valence-corrected chi connectivity index (χ1v) is 8.47. The molecule has 4 bridgehead atoms. The number of para-hydroxylation sites is 1. The van der Waals surface area contributed by atoms with Gasteiger partial charge in [-0.05, 0) is 61.8 Å². The molecule has 4 aliphatic carbocycles. The third-order valence-electron chi connectivity index (χ3n) is 6.23. The van der Waals surface area contributed by atoms with Gasteiger partial charge in [-0.2, -0.15) is 0 Å². The van der Waals surface area contributed by atoms with E-state index in [-0.39, 0.29) is 0 Å². The molecule has 1 aromatic rings. The summed E-state index contributed by atoms with van der Waals surface area (Å²) in [6.07, 6.45) is 7.40. The molecule has 1 aliphatic heterocycles. The van der Waals surface area contributed by atoms with Gasteiger partial charge in [-0.25, -0.2) is 0 Å². The summed E-state index contributed by atoms with van der Waals surface area (Å²) in [6.45, 7) is 1.28. The van der Waals surface area contributed by atoms with E-state index < -0.39 is 0 Å². The summed E-state index contributed by atoms with van der Waals surface area (Å²) in [5, 5.41) is 3.88. The number of benzene rings is 1. The Hall–Kier alpha value is -1.22. The molecule has 0 aromatic heterocycles. The fourth-order valence-corrected chi connectivity index (χ4v) is 5.62. The number of hydrogen-bond acceptors (Lipinski definition) is 3. The smallest absolute Gasteiger partial charge is 0.231 e. The van der Waals surface area contributed by atoms with Crippen molar-refractivity contribution in [3.8, 4) is 11.5 Å². The molecule has 0 atom stereocenters. The highest BCUT2D eigenvalue weighted by atomic mass is 16.7. The molecule has 0 saturated heterocycles. The third-order valence-corrected chi connectivity index (χ3v) is 6.23. The first-order chi connectivity index (χ1) is 10.4. The molecular formula is C18H23NO2. The van der Waals surface area contributed by atoms with E-state index in [2.05, 4.69) is 17.4 Å². The molecule has 5 aliphatic rings. The van der Waals surface area contributed by atoms with Gasteiger partial charge in [0.25, 0.3) is 0 Å². The Morgan fingerprint density at radius 2 is 1.71 bits per heavy atom. The van der Waals surface area contributed by atoms with E-state index in [9.17, 15) is 0 Å². The summed E-state index contributed by atoms with van der Waals surface area (Å²) in [5.41, 5.74) is 1.25. The van der Waals surface area contributed by atoms with Crippen LogP contribution in [0.4, 0.5) is 0 Å². The Kier molecular flexibility index (Phi) is 2.72. The minimum absolute atomic E-state index is 0.365. The minimum atomic E-state index is 0.365. The van der Waals surface area contributed by atoms with Crippen molar-refractivity contribution < 1.29 is 9.47 Å². The van der Waals surface area contributed by atoms with Gasteiger partial charge in [-0.1, -0.05) is 12.1 Å². The molecule has 3 nitrogen and oxygen atoms in total. The van der Waals surface area contributed by atoms with Gasteiger partial charge in [0.15, 0.2) is 11.5 Å². The molecule has 4 fully saturated rings. The van der Waals surface area contributed by atoms with Crippen molar-refractivity contribution in [1.82, 2.24) is 5.32 Å². The van der Waals surface area contributed by atoms with Crippen LogP contribution < -0.4 is 14.8 Å². The molecule has 21 heavy (non-hydrogen) atoms. The van der Waals surface area contributed by atoms with Gasteiger partial charge in [0.2, 0.25) is 6.79 Å². The van der Waals surface area contributed by atoms with Gasteiger partial charge in [-0.15, -0.1) is 0 Å². The van der Waals surface area contributed by atoms with Gasteiger partial charge < -0.3 is 14.8 Å². The van der Waals surface area contributed by atoms with Crippen molar-refractivity contribution in [2.45, 2.75) is 44.7 Å². The highest BCUT2D eigenvalue weighted by Crippen LogP contribution is 2.53. The number of hydrogen-bond donors (Lipinski definition) is 1. The molecule has 4 saturated carbocycles. The van der Waals surface area contributed by atoms with Crippen molar-refractivity contribution in [2.75, 3.05) is 6.79 Å². The first-order valence-electron chi connectivity index (χ1n) is 8.47. The normalized spacial score (nSPS) is 39.0. The second kappa shape index (κ2) is 4.64. The highest BCUT2D eigenvalue weighted by Gasteiger charge is 2.47. The highest BCUT2D eigenvalue weighted by molar-refractivity contribution is 5.48. The van der Waals surface area contributed by atoms with Crippen LogP contribution in [0, 0.1) is 23.7 Å². The fourth-order valence-electron chi connectivity index (χ4n) is 5.62. The Morgan fingerprint density at radius 3 is 2.48 bits per heavy atom. The Labute approximate surface area is 126 Å². The number of rotatable bonds is 3. The first kappa shape index (κ1) is 12.3. The average Bonchev–Trinajstić information content (AvgIpc) is 2.95. The average molecular weight is 285 g/mol. The monoisotopic (exact) mass is 285 g/mol. The lowest BCUT2D eigenvalue weighted by Crippen LogP contribution is -2.54. The van der Waals surface area contributed by atoms with Gasteiger partial charge >= 0.3 is 0 Å². The second-order valence-electron chi connectivity index (χ2n) is 7.49. The van der Waals surface area contributed by atoms with Crippen LogP contribution in [0.25, 0.3) is 0 Å². The SMILES string of the molecule is c1cc(CNC2C3CC4CC(C3)CC2C4)c2c(c1)OCO2. The number of ether oxygens (including phenoxy) is 2. The van der Waals surface area contributed by atoms with Gasteiger partial charge in [0.1, 0.15) is 0 Å². The van der Waals surface area contributed by atoms with Crippen LogP contribution >= 0.6 is 0 Å². The van der Waals surface area contributed by atoms with E-state index in [1.165, 1.54) is 37.7 Å². The quantitative estimate of drug-likeness (QED) is 0.924. The van der Waals surface area contributed by atoms with E-state index in [0.717, 1.165) is 47.8 Å². The second-order valence-corrected chi connectivity index (χ2v) is 7.49. The molecule has 0 spiro atoms. The van der Waals surface area contributed by atoms with E-state index in [4.69, 9.17) is 9.47 Å². The summed E-state index contributed by atoms with van der Waals surface area (Å²) in [4.78, 5) is 0. The molecule has 0 unspecified atom stereocenters. The topological polar surface area (TPSA) is 30.5 Å². The molecule has 112 valence electrons. The zero-order valence-electron chi connectivity index (χ0n) is 12.4. The lowest BCUT2D eigenvalue weighted by Gasteiger charge is -2.54. The maximum absolute atomic E-state index is 5.63. The largest absolute Gasteiger partial charge is 0.454 e. The van der Waals surface area contributed by atoms with Crippen LogP contribution in [-0.2, 0) is 6.54 Å². The molecule has 0 amide bonds. The summed E-state index contributed by atoms with van der Waals surface area (Å²) >= 11 is 0. The molecule has 6 rings (SSSR count). The molecule has 1 N–H and O–H groups in total. The zero-order chi connectivity index (χ0) is 13.8. The number of nitrogens with one attached hydrogen (secondary N) is 1. The molecule has 1 aromatic carbocycles. The van der Waals surface area contributed by atoms with Gasteiger partial charge in [-0.3, -0.25) is 0 Å². The Balaban J connectivity index is 1.32. The predicted octanol–water partition coefficient (Wildman–Crippen LogP) is 3.33. The summed E-state index contributed by atoms with van der Waals surface area (Å²) in [6, 6.07) is 6.96. The standard InChI is InChI=1S/C18H23NO2/c1-2-13(18-16(3-1)20-10-21-18)9-19-17-14-5-11-4-12(7-14)8-15(17)6-11/h1-3,11-12,14-15,17,19H,4-10H2. The molecular weight excluding hydrogens is 262 g/mol. The van der Waals surface area contributed by atoms with E-state index in [0.29, 0.717) is 6.79 Å². The zero-order valence-corrected chi connectivity index (χ0v) is 12.4. The van der Waals surface area contributed by atoms with Crippen molar-refractivity contribution in [3.63, 3.8) is 0 Å². The molecule has 0 radical (unpaired) electrons. The minimum Gasteiger partial charge on any atom is -0.454 e. The maximum atomic E-state index is 5.63. The summed E-state index contributed by atoms with van der Waals surface area (Å²) in [7, 11) is 0.